The van der Waals surface area contributed by atoms with Gasteiger partial charge >= 0.3 is 0 Å². The summed E-state index contributed by atoms with van der Waals surface area (Å²) in [5, 5.41) is 9.35. The number of anilines is 1. The number of piperazine rings is 1. The Labute approximate surface area is 169 Å². The van der Waals surface area contributed by atoms with Gasteiger partial charge in [-0.2, -0.15) is 0 Å². The zero-order valence-corrected chi connectivity index (χ0v) is 16.4. The van der Waals surface area contributed by atoms with Crippen molar-refractivity contribution in [2.45, 2.75) is 50.2 Å². The summed E-state index contributed by atoms with van der Waals surface area (Å²) in [5.74, 6) is -0.893. The first-order valence-corrected chi connectivity index (χ1v) is 9.93. The van der Waals surface area contributed by atoms with Crippen LogP contribution in [0.5, 0.6) is 0 Å². The third-order valence-electron chi connectivity index (χ3n) is 5.19. The van der Waals surface area contributed by atoms with Crippen LogP contribution in [0.3, 0.4) is 0 Å². The summed E-state index contributed by atoms with van der Waals surface area (Å²) in [6, 6.07) is 4.94. The van der Waals surface area contributed by atoms with Crippen LogP contribution >= 0.6 is 12.2 Å². The van der Waals surface area contributed by atoms with Gasteiger partial charge in [-0.3, -0.25) is 9.59 Å². The molecule has 0 spiro atoms. The van der Waals surface area contributed by atoms with E-state index in [1.807, 2.05) is 4.90 Å². The second kappa shape index (κ2) is 9.14. The number of amides is 2. The van der Waals surface area contributed by atoms with E-state index in [-0.39, 0.29) is 36.1 Å². The Morgan fingerprint density at radius 1 is 1.32 bits per heavy atom. The summed E-state index contributed by atoms with van der Waals surface area (Å²) >= 11 is 5.55. The molecule has 1 aliphatic carbocycles. The number of thiocarbonyl (C=S) groups is 1. The van der Waals surface area contributed by atoms with E-state index in [0.717, 1.165) is 25.7 Å². The summed E-state index contributed by atoms with van der Waals surface area (Å²) in [6.45, 7) is 4.17. The van der Waals surface area contributed by atoms with E-state index in [9.17, 15) is 14.0 Å². The van der Waals surface area contributed by atoms with Crippen LogP contribution in [0, 0.1) is 5.82 Å². The Bertz CT molecular complexity index is 755. The largest absolute Gasteiger partial charge is 0.359 e. The molecule has 3 atom stereocenters. The van der Waals surface area contributed by atoms with Gasteiger partial charge in [0.2, 0.25) is 11.8 Å². The molecular weight excluding hydrogens is 379 g/mol. The van der Waals surface area contributed by atoms with Crippen LogP contribution in [0.2, 0.25) is 0 Å². The highest BCUT2D eigenvalue weighted by atomic mass is 32.1. The quantitative estimate of drug-likeness (QED) is 0.519. The SMILES string of the molecule is C=CCNC(=S)N1[C@H](CC(=O)Nc2ccc(F)cc2)C(=O)N[C@@H]2CCCC[C@@H]21. The lowest BCUT2D eigenvalue weighted by Crippen LogP contribution is -2.69. The predicted molar refractivity (Wildman–Crippen MR) is 110 cm³/mol. The van der Waals surface area contributed by atoms with E-state index in [4.69, 9.17) is 12.2 Å². The molecule has 1 aliphatic heterocycles. The van der Waals surface area contributed by atoms with Crippen molar-refractivity contribution in [2.75, 3.05) is 11.9 Å². The Morgan fingerprint density at radius 3 is 2.75 bits per heavy atom. The van der Waals surface area contributed by atoms with Gasteiger partial charge in [-0.1, -0.05) is 18.9 Å². The number of benzene rings is 1. The molecule has 28 heavy (non-hydrogen) atoms. The van der Waals surface area contributed by atoms with Crippen LogP contribution in [0.25, 0.3) is 0 Å². The van der Waals surface area contributed by atoms with Crippen molar-refractivity contribution in [2.24, 2.45) is 0 Å². The number of carbonyl (C=O) groups is 2. The second-order valence-corrected chi connectivity index (χ2v) is 7.51. The van der Waals surface area contributed by atoms with Gasteiger partial charge in [0.15, 0.2) is 5.11 Å². The van der Waals surface area contributed by atoms with Gasteiger partial charge in [-0.25, -0.2) is 4.39 Å². The van der Waals surface area contributed by atoms with Crippen LogP contribution in [-0.2, 0) is 9.59 Å². The molecule has 2 fully saturated rings. The molecule has 8 heteroatoms. The zero-order valence-electron chi connectivity index (χ0n) is 15.6. The van der Waals surface area contributed by atoms with Gasteiger partial charge in [0.25, 0.3) is 0 Å². The smallest absolute Gasteiger partial charge is 0.243 e. The molecule has 0 radical (unpaired) electrons. The number of nitrogens with one attached hydrogen (secondary N) is 3. The normalized spacial score (nSPS) is 24.0. The summed E-state index contributed by atoms with van der Waals surface area (Å²) in [6.07, 6.45) is 5.61. The van der Waals surface area contributed by atoms with E-state index in [1.54, 1.807) is 6.08 Å². The number of rotatable bonds is 5. The first kappa shape index (κ1) is 20.3. The molecule has 0 unspecified atom stereocenters. The minimum atomic E-state index is -0.690. The molecule has 2 amide bonds. The van der Waals surface area contributed by atoms with Crippen LogP contribution < -0.4 is 16.0 Å². The highest BCUT2D eigenvalue weighted by Crippen LogP contribution is 2.29. The summed E-state index contributed by atoms with van der Waals surface area (Å²) in [7, 11) is 0. The van der Waals surface area contributed by atoms with Crippen LogP contribution in [0.15, 0.2) is 36.9 Å². The number of nitrogens with zero attached hydrogens (tertiary/aromatic N) is 1. The number of hydrogen-bond acceptors (Lipinski definition) is 3. The Balaban J connectivity index is 1.75. The monoisotopic (exact) mass is 404 g/mol. The van der Waals surface area contributed by atoms with Gasteiger partial charge in [0, 0.05) is 18.3 Å². The van der Waals surface area contributed by atoms with Crippen molar-refractivity contribution in [1.82, 2.24) is 15.5 Å². The van der Waals surface area contributed by atoms with Gasteiger partial charge in [-0.05, 0) is 49.3 Å². The molecule has 3 N–H and O–H groups in total. The maximum atomic E-state index is 13.0. The van der Waals surface area contributed by atoms with E-state index in [0.29, 0.717) is 17.3 Å². The first-order chi connectivity index (χ1) is 13.5. The molecule has 6 nitrogen and oxygen atoms in total. The molecule has 150 valence electrons. The Morgan fingerprint density at radius 2 is 2.04 bits per heavy atom. The van der Waals surface area contributed by atoms with Crippen molar-refractivity contribution in [3.8, 4) is 0 Å². The number of fused-ring (bicyclic) bond motifs is 1. The molecule has 1 aromatic carbocycles. The fourth-order valence-electron chi connectivity index (χ4n) is 3.90. The highest BCUT2D eigenvalue weighted by Gasteiger charge is 2.44. The van der Waals surface area contributed by atoms with Crippen LogP contribution in [-0.4, -0.2) is 46.5 Å². The van der Waals surface area contributed by atoms with Crippen molar-refractivity contribution in [3.05, 3.63) is 42.7 Å². The van der Waals surface area contributed by atoms with Crippen LogP contribution in [0.1, 0.15) is 32.1 Å². The second-order valence-electron chi connectivity index (χ2n) is 7.12. The average Bonchev–Trinajstić information content (AvgIpc) is 2.68. The van der Waals surface area contributed by atoms with Gasteiger partial charge < -0.3 is 20.9 Å². The lowest BCUT2D eigenvalue weighted by atomic mass is 9.85. The van der Waals surface area contributed by atoms with Gasteiger partial charge in [-0.15, -0.1) is 6.58 Å². The minimum absolute atomic E-state index is 0.0393. The maximum Gasteiger partial charge on any atom is 0.243 e. The maximum absolute atomic E-state index is 13.0. The van der Waals surface area contributed by atoms with Crippen molar-refractivity contribution in [3.63, 3.8) is 0 Å². The molecular formula is C20H25FN4O2S. The Kier molecular flexibility index (Phi) is 6.61. The van der Waals surface area contributed by atoms with Gasteiger partial charge in [0.1, 0.15) is 11.9 Å². The van der Waals surface area contributed by atoms with E-state index >= 15 is 0 Å². The molecule has 1 saturated carbocycles. The molecule has 0 bridgehead atoms. The number of halogens is 1. The van der Waals surface area contributed by atoms with Crippen molar-refractivity contribution >= 4 is 34.8 Å². The molecule has 3 rings (SSSR count). The standard InChI is InChI=1S/C20H25FN4O2S/c1-2-11-22-20(28)25-16-6-4-3-5-15(16)24-19(27)17(25)12-18(26)23-14-9-7-13(21)8-10-14/h2,7-10,15-17H,1,3-6,11-12H2,(H,22,28)(H,23,26)(H,24,27)/t15-,16+,17-/m1/s1. The van der Waals surface area contributed by atoms with E-state index in [2.05, 4.69) is 22.5 Å². The topological polar surface area (TPSA) is 73.5 Å². The number of carbonyl (C=O) groups excluding carboxylic acids is 2. The third-order valence-corrected chi connectivity index (χ3v) is 5.55. The molecule has 2 aliphatic rings. The average molecular weight is 405 g/mol. The fourth-order valence-corrected chi connectivity index (χ4v) is 4.25. The summed E-state index contributed by atoms with van der Waals surface area (Å²) in [4.78, 5) is 27.2. The fraction of sp³-hybridized carbons (Fsp3) is 0.450. The first-order valence-electron chi connectivity index (χ1n) is 9.52. The van der Waals surface area contributed by atoms with E-state index in [1.165, 1.54) is 24.3 Å². The molecule has 0 aromatic heterocycles. The molecule has 1 aromatic rings. The third kappa shape index (κ3) is 4.67. The summed E-state index contributed by atoms with van der Waals surface area (Å²) < 4.78 is 13.0. The predicted octanol–water partition coefficient (Wildman–Crippen LogP) is 2.33. The molecule has 1 saturated heterocycles. The summed E-state index contributed by atoms with van der Waals surface area (Å²) in [5.41, 5.74) is 0.483. The molecule has 1 heterocycles. The highest BCUT2D eigenvalue weighted by molar-refractivity contribution is 7.80. The zero-order chi connectivity index (χ0) is 20.1. The Hall–Kier alpha value is -2.48. The lowest BCUT2D eigenvalue weighted by Gasteiger charge is -2.49. The minimum Gasteiger partial charge on any atom is -0.359 e. The van der Waals surface area contributed by atoms with E-state index < -0.39 is 6.04 Å². The lowest BCUT2D eigenvalue weighted by molar-refractivity contribution is -0.134. The number of hydrogen-bond donors (Lipinski definition) is 3. The van der Waals surface area contributed by atoms with Crippen molar-refractivity contribution in [1.29, 1.82) is 0 Å². The van der Waals surface area contributed by atoms with Gasteiger partial charge in [0.05, 0.1) is 12.5 Å². The van der Waals surface area contributed by atoms with Crippen LogP contribution in [0.4, 0.5) is 10.1 Å². The van der Waals surface area contributed by atoms with Crippen molar-refractivity contribution < 1.29 is 14.0 Å².